The molecule has 0 spiro atoms. The molecule has 0 aromatic carbocycles. The second-order valence-electron chi connectivity index (χ2n) is 4.15. The third-order valence-electron chi connectivity index (χ3n) is 2.22. The van der Waals surface area contributed by atoms with Crippen LogP contribution in [0.5, 0.6) is 0 Å². The van der Waals surface area contributed by atoms with Gasteiger partial charge in [0.15, 0.2) is 15.8 Å². The molecule has 0 aromatic rings. The molecule has 7 heteroatoms. The molecule has 17 heavy (non-hydrogen) atoms. The molecule has 0 aliphatic carbocycles. The Hall–Kier alpha value is -1.08. The predicted molar refractivity (Wildman–Crippen MR) is 67.7 cm³/mol. The monoisotopic (exact) mass is 261 g/mol. The highest BCUT2D eigenvalue weighted by Gasteiger charge is 2.25. The third kappa shape index (κ3) is 5.69. The summed E-state index contributed by atoms with van der Waals surface area (Å²) < 4.78 is 28.0. The van der Waals surface area contributed by atoms with E-state index in [1.807, 2.05) is 6.92 Å². The zero-order valence-corrected chi connectivity index (χ0v) is 10.8. The largest absolute Gasteiger partial charge is 0.374 e. The van der Waals surface area contributed by atoms with Crippen LogP contribution in [0.2, 0.25) is 0 Å². The number of sulfone groups is 1. The van der Waals surface area contributed by atoms with Crippen molar-refractivity contribution in [2.45, 2.75) is 13.0 Å². The van der Waals surface area contributed by atoms with Crippen LogP contribution < -0.4 is 11.1 Å². The molecule has 6 nitrogen and oxygen atoms in total. The van der Waals surface area contributed by atoms with Crippen LogP contribution in [0.4, 0.5) is 0 Å². The summed E-state index contributed by atoms with van der Waals surface area (Å²) in [5.41, 5.74) is 6.51. The van der Waals surface area contributed by atoms with Gasteiger partial charge in [0.05, 0.1) is 30.8 Å². The first-order chi connectivity index (χ1) is 7.89. The topological polar surface area (TPSA) is 93.8 Å². The van der Waals surface area contributed by atoms with Gasteiger partial charge in [-0.3, -0.25) is 0 Å². The van der Waals surface area contributed by atoms with Crippen molar-refractivity contribution in [1.82, 2.24) is 5.32 Å². The number of aliphatic imine (C=N–C) groups is 1. The summed E-state index contributed by atoms with van der Waals surface area (Å²) in [4.78, 5) is 4.02. The molecule has 1 aliphatic heterocycles. The summed E-state index contributed by atoms with van der Waals surface area (Å²) in [7, 11) is -2.97. The number of rotatable bonds is 4. The standard InChI is InChI=1S/C10H19N3O3S/c1-8(2)5-12-10(11)13-6-9-7-17(14,15)4-3-16-9/h9H,1,3-7H2,2H3,(H3,11,12,13). The van der Waals surface area contributed by atoms with E-state index in [0.29, 0.717) is 13.1 Å². The van der Waals surface area contributed by atoms with E-state index in [2.05, 4.69) is 16.9 Å². The SMILES string of the molecule is C=C(C)CN=C(N)NCC1CS(=O)(=O)CCO1. The Balaban J connectivity index is 2.35. The van der Waals surface area contributed by atoms with E-state index in [9.17, 15) is 8.42 Å². The number of hydrogen-bond acceptors (Lipinski definition) is 4. The minimum Gasteiger partial charge on any atom is -0.374 e. The number of guanidine groups is 1. The summed E-state index contributed by atoms with van der Waals surface area (Å²) in [6.45, 7) is 6.62. The maximum atomic E-state index is 11.3. The van der Waals surface area contributed by atoms with E-state index in [1.54, 1.807) is 0 Å². The lowest BCUT2D eigenvalue weighted by Gasteiger charge is -2.23. The Labute approximate surface area is 102 Å². The maximum Gasteiger partial charge on any atom is 0.188 e. The molecule has 0 aromatic heterocycles. The highest BCUT2D eigenvalue weighted by molar-refractivity contribution is 7.91. The van der Waals surface area contributed by atoms with Gasteiger partial charge in [-0.05, 0) is 6.92 Å². The fourth-order valence-electron chi connectivity index (χ4n) is 1.37. The van der Waals surface area contributed by atoms with Crippen LogP contribution in [-0.4, -0.2) is 51.7 Å². The van der Waals surface area contributed by atoms with Crippen LogP contribution in [0.3, 0.4) is 0 Å². The first-order valence-corrected chi connectivity index (χ1v) is 7.21. The van der Waals surface area contributed by atoms with Gasteiger partial charge in [-0.25, -0.2) is 13.4 Å². The van der Waals surface area contributed by atoms with Gasteiger partial charge in [0.25, 0.3) is 0 Å². The van der Waals surface area contributed by atoms with E-state index in [4.69, 9.17) is 10.5 Å². The predicted octanol–water partition coefficient (Wildman–Crippen LogP) is -0.720. The second kappa shape index (κ2) is 6.02. The second-order valence-corrected chi connectivity index (χ2v) is 6.38. The minimum absolute atomic E-state index is 0.0355. The number of nitrogens with zero attached hydrogens (tertiary/aromatic N) is 1. The number of nitrogens with two attached hydrogens (primary N) is 1. The average Bonchev–Trinajstić information content (AvgIpc) is 2.22. The van der Waals surface area contributed by atoms with Crippen molar-refractivity contribution in [1.29, 1.82) is 0 Å². The summed E-state index contributed by atoms with van der Waals surface area (Å²) >= 11 is 0. The molecular formula is C10H19N3O3S. The Kier molecular flexibility index (Phi) is 4.95. The first kappa shape index (κ1) is 14.0. The van der Waals surface area contributed by atoms with Crippen molar-refractivity contribution in [2.24, 2.45) is 10.7 Å². The summed E-state index contributed by atoms with van der Waals surface area (Å²) in [6, 6.07) is 0. The molecule has 1 heterocycles. The molecule has 1 rings (SSSR count). The molecule has 0 saturated carbocycles. The molecular weight excluding hydrogens is 242 g/mol. The Morgan fingerprint density at radius 1 is 1.65 bits per heavy atom. The van der Waals surface area contributed by atoms with Crippen molar-refractivity contribution in [2.75, 3.05) is 31.2 Å². The van der Waals surface area contributed by atoms with Crippen LogP contribution in [-0.2, 0) is 14.6 Å². The molecule has 1 atom stereocenters. The Morgan fingerprint density at radius 2 is 2.35 bits per heavy atom. The number of nitrogens with one attached hydrogen (secondary N) is 1. The van der Waals surface area contributed by atoms with Gasteiger partial charge in [0.2, 0.25) is 0 Å². The van der Waals surface area contributed by atoms with Crippen LogP contribution in [0, 0.1) is 0 Å². The smallest absolute Gasteiger partial charge is 0.188 e. The van der Waals surface area contributed by atoms with E-state index in [-0.39, 0.29) is 30.2 Å². The molecule has 0 amide bonds. The summed E-state index contributed by atoms with van der Waals surface area (Å²) in [6.07, 6.45) is -0.354. The van der Waals surface area contributed by atoms with Crippen molar-refractivity contribution in [3.63, 3.8) is 0 Å². The molecule has 1 unspecified atom stereocenters. The van der Waals surface area contributed by atoms with Gasteiger partial charge in [0, 0.05) is 6.54 Å². The number of ether oxygens (including phenoxy) is 1. The quantitative estimate of drug-likeness (QED) is 0.396. The van der Waals surface area contributed by atoms with Gasteiger partial charge in [-0.15, -0.1) is 0 Å². The van der Waals surface area contributed by atoms with E-state index in [0.717, 1.165) is 5.57 Å². The number of hydrogen-bond donors (Lipinski definition) is 2. The zero-order valence-electron chi connectivity index (χ0n) is 9.98. The van der Waals surface area contributed by atoms with Crippen LogP contribution >= 0.6 is 0 Å². The fraction of sp³-hybridized carbons (Fsp3) is 0.700. The van der Waals surface area contributed by atoms with Crippen molar-refractivity contribution in [3.8, 4) is 0 Å². The van der Waals surface area contributed by atoms with Gasteiger partial charge in [-0.1, -0.05) is 12.2 Å². The average molecular weight is 261 g/mol. The Bertz CT molecular complexity index is 403. The molecule has 1 saturated heterocycles. The highest BCUT2D eigenvalue weighted by atomic mass is 32.2. The summed E-state index contributed by atoms with van der Waals surface area (Å²) in [5.74, 6) is 0.413. The minimum atomic E-state index is -2.97. The van der Waals surface area contributed by atoms with E-state index >= 15 is 0 Å². The van der Waals surface area contributed by atoms with E-state index < -0.39 is 9.84 Å². The van der Waals surface area contributed by atoms with Crippen molar-refractivity contribution < 1.29 is 13.2 Å². The third-order valence-corrected chi connectivity index (χ3v) is 3.89. The lowest BCUT2D eigenvalue weighted by molar-refractivity contribution is 0.0748. The molecule has 1 aliphatic rings. The normalized spacial score (nSPS) is 24.3. The fourth-order valence-corrected chi connectivity index (χ4v) is 2.67. The molecule has 3 N–H and O–H groups in total. The summed E-state index contributed by atoms with van der Waals surface area (Å²) in [5, 5.41) is 2.84. The molecule has 0 bridgehead atoms. The molecule has 1 fully saturated rings. The van der Waals surface area contributed by atoms with Crippen LogP contribution in [0.1, 0.15) is 6.92 Å². The van der Waals surface area contributed by atoms with Crippen molar-refractivity contribution >= 4 is 15.8 Å². The van der Waals surface area contributed by atoms with Gasteiger partial charge >= 0.3 is 0 Å². The zero-order chi connectivity index (χ0) is 12.9. The van der Waals surface area contributed by atoms with Crippen LogP contribution in [0.25, 0.3) is 0 Å². The first-order valence-electron chi connectivity index (χ1n) is 5.39. The highest BCUT2D eigenvalue weighted by Crippen LogP contribution is 2.06. The Morgan fingerprint density at radius 3 is 2.94 bits per heavy atom. The van der Waals surface area contributed by atoms with Gasteiger partial charge < -0.3 is 15.8 Å². The molecule has 98 valence electrons. The molecule has 0 radical (unpaired) electrons. The van der Waals surface area contributed by atoms with Crippen LogP contribution in [0.15, 0.2) is 17.1 Å². The lowest BCUT2D eigenvalue weighted by atomic mass is 10.4. The maximum absolute atomic E-state index is 11.3. The van der Waals surface area contributed by atoms with Crippen molar-refractivity contribution in [3.05, 3.63) is 12.2 Å². The van der Waals surface area contributed by atoms with E-state index in [1.165, 1.54) is 0 Å². The lowest BCUT2D eigenvalue weighted by Crippen LogP contribution is -2.44. The van der Waals surface area contributed by atoms with Gasteiger partial charge in [-0.2, -0.15) is 0 Å². The van der Waals surface area contributed by atoms with Gasteiger partial charge in [0.1, 0.15) is 0 Å².